The van der Waals surface area contributed by atoms with Crippen LogP contribution in [0.15, 0.2) is 36.4 Å². The molecular formula is C15H12Cl2O2. The first kappa shape index (κ1) is 13.9. The van der Waals surface area contributed by atoms with Crippen molar-refractivity contribution in [1.29, 1.82) is 0 Å². The second kappa shape index (κ2) is 5.64. The van der Waals surface area contributed by atoms with Crippen LogP contribution in [0.3, 0.4) is 0 Å². The maximum absolute atomic E-state index is 12.4. The SMILES string of the molecule is COc1cc(C(=O)c2cccc(C)c2Cl)ccc1Cl. The average molecular weight is 295 g/mol. The Hall–Kier alpha value is -1.51. The standard InChI is InChI=1S/C15H12Cl2O2/c1-9-4-3-5-11(14(9)17)15(18)10-6-7-12(16)13(8-10)19-2/h3-8H,1-2H3. The maximum atomic E-state index is 12.4. The number of aryl methyl sites for hydroxylation is 1. The first-order chi connectivity index (χ1) is 9.04. The van der Waals surface area contributed by atoms with Crippen molar-refractivity contribution in [2.24, 2.45) is 0 Å². The second-order valence-corrected chi connectivity index (χ2v) is 4.90. The Bertz CT molecular complexity index is 636. The molecule has 0 bridgehead atoms. The molecule has 0 N–H and O–H groups in total. The second-order valence-electron chi connectivity index (χ2n) is 4.11. The molecule has 98 valence electrons. The van der Waals surface area contributed by atoms with E-state index >= 15 is 0 Å². The van der Waals surface area contributed by atoms with Gasteiger partial charge in [0, 0.05) is 11.1 Å². The van der Waals surface area contributed by atoms with Crippen molar-refractivity contribution in [2.45, 2.75) is 6.92 Å². The molecule has 2 nitrogen and oxygen atoms in total. The van der Waals surface area contributed by atoms with Gasteiger partial charge in [-0.3, -0.25) is 4.79 Å². The van der Waals surface area contributed by atoms with E-state index in [0.29, 0.717) is 26.9 Å². The van der Waals surface area contributed by atoms with Gasteiger partial charge in [-0.25, -0.2) is 0 Å². The Balaban J connectivity index is 2.47. The summed E-state index contributed by atoms with van der Waals surface area (Å²) in [4.78, 5) is 12.4. The van der Waals surface area contributed by atoms with Gasteiger partial charge in [-0.05, 0) is 36.8 Å². The summed E-state index contributed by atoms with van der Waals surface area (Å²) >= 11 is 12.1. The lowest BCUT2D eigenvalue weighted by atomic mass is 10.0. The summed E-state index contributed by atoms with van der Waals surface area (Å²) in [6, 6.07) is 10.3. The molecule has 19 heavy (non-hydrogen) atoms. The Kier molecular flexibility index (Phi) is 4.13. The fourth-order valence-electron chi connectivity index (χ4n) is 1.78. The van der Waals surface area contributed by atoms with Crippen molar-refractivity contribution in [2.75, 3.05) is 7.11 Å². The van der Waals surface area contributed by atoms with Crippen LogP contribution >= 0.6 is 23.2 Å². The molecule has 0 saturated heterocycles. The zero-order valence-corrected chi connectivity index (χ0v) is 12.0. The van der Waals surface area contributed by atoms with Crippen molar-refractivity contribution in [3.05, 3.63) is 63.1 Å². The van der Waals surface area contributed by atoms with E-state index in [9.17, 15) is 4.79 Å². The Morgan fingerprint density at radius 2 is 1.89 bits per heavy atom. The molecule has 0 saturated carbocycles. The van der Waals surface area contributed by atoms with Gasteiger partial charge in [0.2, 0.25) is 0 Å². The van der Waals surface area contributed by atoms with E-state index in [4.69, 9.17) is 27.9 Å². The zero-order chi connectivity index (χ0) is 14.0. The number of ketones is 1. The first-order valence-electron chi connectivity index (χ1n) is 5.68. The third-order valence-corrected chi connectivity index (χ3v) is 3.66. The van der Waals surface area contributed by atoms with Crippen LogP contribution in [0.2, 0.25) is 10.0 Å². The van der Waals surface area contributed by atoms with Gasteiger partial charge in [0.25, 0.3) is 0 Å². The van der Waals surface area contributed by atoms with Gasteiger partial charge in [-0.15, -0.1) is 0 Å². The van der Waals surface area contributed by atoms with Crippen LogP contribution < -0.4 is 4.74 Å². The van der Waals surface area contributed by atoms with Crippen LogP contribution in [0, 0.1) is 6.92 Å². The highest BCUT2D eigenvalue weighted by Gasteiger charge is 2.15. The molecule has 0 aromatic heterocycles. The van der Waals surface area contributed by atoms with E-state index in [1.165, 1.54) is 7.11 Å². The summed E-state index contributed by atoms with van der Waals surface area (Å²) in [6.07, 6.45) is 0. The van der Waals surface area contributed by atoms with Crippen LogP contribution in [0.4, 0.5) is 0 Å². The number of rotatable bonds is 3. The molecule has 2 aromatic rings. The van der Waals surface area contributed by atoms with Crippen molar-refractivity contribution < 1.29 is 9.53 Å². The zero-order valence-electron chi connectivity index (χ0n) is 10.5. The summed E-state index contributed by atoms with van der Waals surface area (Å²) < 4.78 is 5.11. The number of halogens is 2. The van der Waals surface area contributed by atoms with E-state index in [1.807, 2.05) is 19.1 Å². The van der Waals surface area contributed by atoms with Crippen LogP contribution in [0.5, 0.6) is 5.75 Å². The van der Waals surface area contributed by atoms with Gasteiger partial charge in [0.15, 0.2) is 5.78 Å². The van der Waals surface area contributed by atoms with E-state index < -0.39 is 0 Å². The highest BCUT2D eigenvalue weighted by atomic mass is 35.5. The fraction of sp³-hybridized carbons (Fsp3) is 0.133. The lowest BCUT2D eigenvalue weighted by Crippen LogP contribution is -2.03. The molecule has 0 aliphatic carbocycles. The summed E-state index contributed by atoms with van der Waals surface area (Å²) in [5, 5.41) is 0.941. The van der Waals surface area contributed by atoms with E-state index in [2.05, 4.69) is 0 Å². The van der Waals surface area contributed by atoms with Gasteiger partial charge < -0.3 is 4.74 Å². The van der Waals surface area contributed by atoms with Crippen molar-refractivity contribution >= 4 is 29.0 Å². The number of carbonyl (C=O) groups excluding carboxylic acids is 1. The van der Waals surface area contributed by atoms with Crippen LogP contribution in [0.1, 0.15) is 21.5 Å². The number of methoxy groups -OCH3 is 1. The minimum absolute atomic E-state index is 0.149. The quantitative estimate of drug-likeness (QED) is 0.777. The van der Waals surface area contributed by atoms with E-state index in [-0.39, 0.29) is 5.78 Å². The van der Waals surface area contributed by atoms with Gasteiger partial charge >= 0.3 is 0 Å². The average Bonchev–Trinajstić information content (AvgIpc) is 2.41. The predicted octanol–water partition coefficient (Wildman–Crippen LogP) is 4.54. The van der Waals surface area contributed by atoms with Crippen molar-refractivity contribution in [1.82, 2.24) is 0 Å². The van der Waals surface area contributed by atoms with E-state index in [0.717, 1.165) is 5.56 Å². The molecule has 0 aliphatic heterocycles. The number of carbonyl (C=O) groups is 1. The third-order valence-electron chi connectivity index (χ3n) is 2.85. The topological polar surface area (TPSA) is 26.3 Å². The number of benzene rings is 2. The van der Waals surface area contributed by atoms with E-state index in [1.54, 1.807) is 24.3 Å². The monoisotopic (exact) mass is 294 g/mol. The van der Waals surface area contributed by atoms with Crippen LogP contribution in [-0.4, -0.2) is 12.9 Å². The van der Waals surface area contributed by atoms with Gasteiger partial charge in [-0.1, -0.05) is 35.3 Å². The van der Waals surface area contributed by atoms with Gasteiger partial charge in [0.1, 0.15) is 5.75 Å². The Morgan fingerprint density at radius 3 is 2.58 bits per heavy atom. The van der Waals surface area contributed by atoms with Crippen molar-refractivity contribution in [3.63, 3.8) is 0 Å². The molecule has 0 aliphatic rings. The molecule has 0 unspecified atom stereocenters. The lowest BCUT2D eigenvalue weighted by Gasteiger charge is -2.08. The Morgan fingerprint density at radius 1 is 1.16 bits per heavy atom. The first-order valence-corrected chi connectivity index (χ1v) is 6.43. The fourth-order valence-corrected chi connectivity index (χ4v) is 2.19. The molecule has 0 spiro atoms. The van der Waals surface area contributed by atoms with Gasteiger partial charge in [0.05, 0.1) is 17.2 Å². The molecule has 2 rings (SSSR count). The molecule has 0 radical (unpaired) electrons. The highest BCUT2D eigenvalue weighted by molar-refractivity contribution is 6.36. The largest absolute Gasteiger partial charge is 0.495 e. The molecule has 4 heteroatoms. The molecule has 0 atom stereocenters. The van der Waals surface area contributed by atoms with Crippen LogP contribution in [0.25, 0.3) is 0 Å². The molecular weight excluding hydrogens is 283 g/mol. The molecule has 0 amide bonds. The summed E-state index contributed by atoms with van der Waals surface area (Å²) in [5.74, 6) is 0.319. The number of ether oxygens (including phenoxy) is 1. The smallest absolute Gasteiger partial charge is 0.194 e. The third kappa shape index (κ3) is 2.75. The minimum Gasteiger partial charge on any atom is -0.495 e. The Labute approximate surface area is 121 Å². The molecule has 0 fully saturated rings. The number of hydrogen-bond donors (Lipinski definition) is 0. The van der Waals surface area contributed by atoms with Crippen molar-refractivity contribution in [3.8, 4) is 5.75 Å². The number of hydrogen-bond acceptors (Lipinski definition) is 2. The summed E-state index contributed by atoms with van der Waals surface area (Å²) in [7, 11) is 1.51. The maximum Gasteiger partial charge on any atom is 0.194 e. The summed E-state index contributed by atoms with van der Waals surface area (Å²) in [6.45, 7) is 1.86. The molecule has 2 aromatic carbocycles. The normalized spacial score (nSPS) is 10.3. The predicted molar refractivity (Wildman–Crippen MR) is 77.6 cm³/mol. The summed E-state index contributed by atoms with van der Waals surface area (Å²) in [5.41, 5.74) is 1.84. The lowest BCUT2D eigenvalue weighted by molar-refractivity contribution is 0.103. The minimum atomic E-state index is -0.149. The highest BCUT2D eigenvalue weighted by Crippen LogP contribution is 2.28. The molecule has 0 heterocycles. The van der Waals surface area contributed by atoms with Gasteiger partial charge in [-0.2, -0.15) is 0 Å². The van der Waals surface area contributed by atoms with Crippen LogP contribution in [-0.2, 0) is 0 Å².